The minimum absolute atomic E-state index is 0.126. The molecule has 0 aromatic carbocycles. The number of carbonyl (C=O) groups excluding carboxylic acids is 3. The molecule has 0 bridgehead atoms. The molecular weight excluding hydrogens is 877 g/mol. The molecule has 398 valence electrons. The molecule has 0 amide bonds. The van der Waals surface area contributed by atoms with E-state index >= 15 is 0 Å². The molecule has 0 saturated heterocycles. The smallest absolute Gasteiger partial charge is 0.306 e. The first-order valence-electron chi connectivity index (χ1n) is 28.3. The van der Waals surface area contributed by atoms with Crippen molar-refractivity contribution in [1.82, 2.24) is 0 Å². The second-order valence-corrected chi connectivity index (χ2v) is 18.1. The fourth-order valence-corrected chi connectivity index (χ4v) is 7.13. The first-order valence-corrected chi connectivity index (χ1v) is 28.3. The van der Waals surface area contributed by atoms with Gasteiger partial charge in [-0.1, -0.05) is 224 Å². The van der Waals surface area contributed by atoms with Crippen LogP contribution in [-0.2, 0) is 28.6 Å². The second-order valence-electron chi connectivity index (χ2n) is 18.1. The lowest BCUT2D eigenvalue weighted by Gasteiger charge is -2.18. The van der Waals surface area contributed by atoms with Gasteiger partial charge in [-0.3, -0.25) is 14.4 Å². The summed E-state index contributed by atoms with van der Waals surface area (Å²) in [6.07, 6.45) is 82.8. The zero-order valence-corrected chi connectivity index (χ0v) is 45.4. The molecule has 0 spiro atoms. The summed E-state index contributed by atoms with van der Waals surface area (Å²) in [7, 11) is 0. The van der Waals surface area contributed by atoms with Crippen molar-refractivity contribution in [3.05, 3.63) is 146 Å². The monoisotopic (exact) mass is 979 g/mol. The van der Waals surface area contributed by atoms with E-state index in [9.17, 15) is 14.4 Å². The predicted molar refractivity (Wildman–Crippen MR) is 306 cm³/mol. The van der Waals surface area contributed by atoms with Gasteiger partial charge in [0.05, 0.1) is 0 Å². The quantitative estimate of drug-likeness (QED) is 0.0262. The molecule has 6 heteroatoms. The average Bonchev–Trinajstić information content (AvgIpc) is 3.37. The Morgan fingerprint density at radius 3 is 0.972 bits per heavy atom. The van der Waals surface area contributed by atoms with Gasteiger partial charge in [-0.25, -0.2) is 0 Å². The predicted octanol–water partition coefficient (Wildman–Crippen LogP) is 19.2. The van der Waals surface area contributed by atoms with E-state index in [1.165, 1.54) is 70.6 Å². The Kier molecular flexibility index (Phi) is 54.0. The third kappa shape index (κ3) is 56.1. The molecule has 0 aliphatic heterocycles. The summed E-state index contributed by atoms with van der Waals surface area (Å²) in [6.45, 7) is 6.27. The molecule has 0 aromatic heterocycles. The van der Waals surface area contributed by atoms with Crippen LogP contribution in [0.3, 0.4) is 0 Å². The number of hydrogen-bond donors (Lipinski definition) is 0. The molecule has 0 rings (SSSR count). The first-order chi connectivity index (χ1) is 35.0. The average molecular weight is 980 g/mol. The highest BCUT2D eigenvalue weighted by Gasteiger charge is 2.19. The van der Waals surface area contributed by atoms with Crippen molar-refractivity contribution in [2.24, 2.45) is 0 Å². The summed E-state index contributed by atoms with van der Waals surface area (Å²) in [5.41, 5.74) is 0. The van der Waals surface area contributed by atoms with Crippen molar-refractivity contribution in [3.8, 4) is 0 Å². The van der Waals surface area contributed by atoms with Gasteiger partial charge >= 0.3 is 17.9 Å². The number of rotatable bonds is 49. The topological polar surface area (TPSA) is 78.9 Å². The summed E-state index contributed by atoms with van der Waals surface area (Å²) in [5, 5.41) is 0. The van der Waals surface area contributed by atoms with Gasteiger partial charge in [0.2, 0.25) is 0 Å². The van der Waals surface area contributed by atoms with Crippen molar-refractivity contribution in [2.45, 2.75) is 232 Å². The van der Waals surface area contributed by atoms with Crippen LogP contribution < -0.4 is 0 Å². The van der Waals surface area contributed by atoms with E-state index in [0.29, 0.717) is 19.3 Å². The zero-order valence-electron chi connectivity index (χ0n) is 45.4. The van der Waals surface area contributed by atoms with Gasteiger partial charge in [-0.05, 0) is 128 Å². The van der Waals surface area contributed by atoms with Crippen molar-refractivity contribution in [2.75, 3.05) is 13.2 Å². The Bertz CT molecular complexity index is 1590. The van der Waals surface area contributed by atoms with Gasteiger partial charge in [-0.2, -0.15) is 0 Å². The molecule has 0 unspecified atom stereocenters. The van der Waals surface area contributed by atoms with E-state index < -0.39 is 6.10 Å². The second kappa shape index (κ2) is 57.9. The van der Waals surface area contributed by atoms with E-state index in [1.54, 1.807) is 0 Å². The van der Waals surface area contributed by atoms with Crippen molar-refractivity contribution in [1.29, 1.82) is 0 Å². The number of esters is 3. The fourth-order valence-electron chi connectivity index (χ4n) is 7.13. The van der Waals surface area contributed by atoms with E-state index in [-0.39, 0.29) is 44.0 Å². The van der Waals surface area contributed by atoms with Crippen LogP contribution in [0.2, 0.25) is 0 Å². The normalized spacial score (nSPS) is 13.2. The molecule has 71 heavy (non-hydrogen) atoms. The molecule has 0 saturated carbocycles. The number of hydrogen-bond acceptors (Lipinski definition) is 6. The van der Waals surface area contributed by atoms with Crippen LogP contribution in [0.1, 0.15) is 226 Å². The number of unbranched alkanes of at least 4 members (excludes halogenated alkanes) is 14. The Morgan fingerprint density at radius 2 is 0.577 bits per heavy atom. The van der Waals surface area contributed by atoms with E-state index in [1.807, 2.05) is 12.2 Å². The van der Waals surface area contributed by atoms with E-state index in [4.69, 9.17) is 14.2 Å². The molecule has 0 N–H and O–H groups in total. The lowest BCUT2D eigenvalue weighted by atomic mass is 10.1. The van der Waals surface area contributed by atoms with E-state index in [0.717, 1.165) is 103 Å². The SMILES string of the molecule is CC/C=C\C/C=C\C/C=C\C/C=C\C/C=C\C/C=C\CCC(=O)OC[C@H](COC(=O)CCCCCCCCCCC/C=C\C/C=C\CCCCC)OC(=O)CCCC/C=C\C/C=C\C/C=C\C/C=C\CC. The van der Waals surface area contributed by atoms with Gasteiger partial charge in [-0.15, -0.1) is 0 Å². The molecule has 0 heterocycles. The molecule has 0 aliphatic carbocycles. The number of ether oxygens (including phenoxy) is 3. The van der Waals surface area contributed by atoms with E-state index in [2.05, 4.69) is 154 Å². The minimum Gasteiger partial charge on any atom is -0.462 e. The van der Waals surface area contributed by atoms with Gasteiger partial charge < -0.3 is 14.2 Å². The highest BCUT2D eigenvalue weighted by Crippen LogP contribution is 2.13. The van der Waals surface area contributed by atoms with Crippen LogP contribution in [0.15, 0.2) is 146 Å². The highest BCUT2D eigenvalue weighted by atomic mass is 16.6. The molecule has 1 atom stereocenters. The Balaban J connectivity index is 4.57. The van der Waals surface area contributed by atoms with Crippen molar-refractivity contribution < 1.29 is 28.6 Å². The summed E-state index contributed by atoms with van der Waals surface area (Å²) < 4.78 is 16.7. The Labute approximate surface area is 436 Å². The Morgan fingerprint density at radius 1 is 0.296 bits per heavy atom. The molecule has 6 nitrogen and oxygen atoms in total. The molecule has 0 aromatic rings. The summed E-state index contributed by atoms with van der Waals surface area (Å²) in [5.74, 6) is -1.07. The largest absolute Gasteiger partial charge is 0.462 e. The van der Waals surface area contributed by atoms with Crippen LogP contribution in [-0.4, -0.2) is 37.2 Å². The van der Waals surface area contributed by atoms with Gasteiger partial charge in [0.15, 0.2) is 6.10 Å². The first kappa shape index (κ1) is 66.3. The van der Waals surface area contributed by atoms with Gasteiger partial charge in [0.25, 0.3) is 0 Å². The third-order valence-electron chi connectivity index (χ3n) is 11.3. The summed E-state index contributed by atoms with van der Waals surface area (Å²) >= 11 is 0. The zero-order chi connectivity index (χ0) is 51.4. The Hall–Kier alpha value is -4.71. The lowest BCUT2D eigenvalue weighted by molar-refractivity contribution is -0.166. The third-order valence-corrected chi connectivity index (χ3v) is 11.3. The molecule has 0 fully saturated rings. The minimum atomic E-state index is -0.839. The maximum Gasteiger partial charge on any atom is 0.306 e. The fraction of sp³-hybridized carbons (Fsp3) is 0.585. The highest BCUT2D eigenvalue weighted by molar-refractivity contribution is 5.71. The summed E-state index contributed by atoms with van der Waals surface area (Å²) in [6, 6.07) is 0. The van der Waals surface area contributed by atoms with Crippen molar-refractivity contribution in [3.63, 3.8) is 0 Å². The van der Waals surface area contributed by atoms with Crippen LogP contribution in [0.25, 0.3) is 0 Å². The number of allylic oxidation sites excluding steroid dienone is 24. The van der Waals surface area contributed by atoms with Gasteiger partial charge in [0, 0.05) is 19.3 Å². The standard InChI is InChI=1S/C65H102O6/c1-4-7-10-13-16-19-22-25-28-30-32-34-37-39-42-45-48-51-54-57-63(66)69-60-62(71-65(68)59-56-53-50-47-44-41-36-27-24-21-18-15-12-9-6-3)61-70-64(67)58-55-52-49-46-43-40-38-35-33-31-29-26-23-20-17-14-11-8-5-2/h7,9-10,12,16-21,25-29,32,34,36,39,42,44,47-48,51,62H,4-6,8,11,13-15,22-24,30-31,33,35,37-38,40-41,43,45-46,49-50,52-61H2,1-3H3/b10-7-,12-9-,19-16-,20-17-,21-18-,28-25-,29-26-,34-32-,36-27-,42-39-,47-44-,51-48-/t62-/m1/s1. The van der Waals surface area contributed by atoms with Crippen molar-refractivity contribution >= 4 is 17.9 Å². The molecular formula is C65H102O6. The van der Waals surface area contributed by atoms with Crippen LogP contribution >= 0.6 is 0 Å². The van der Waals surface area contributed by atoms with Crippen LogP contribution in [0.4, 0.5) is 0 Å². The van der Waals surface area contributed by atoms with Gasteiger partial charge in [0.1, 0.15) is 13.2 Å². The molecule has 0 radical (unpaired) electrons. The van der Waals surface area contributed by atoms with Crippen LogP contribution in [0.5, 0.6) is 0 Å². The van der Waals surface area contributed by atoms with Crippen LogP contribution in [0, 0.1) is 0 Å². The maximum absolute atomic E-state index is 12.8. The molecule has 0 aliphatic rings. The maximum atomic E-state index is 12.8. The summed E-state index contributed by atoms with van der Waals surface area (Å²) in [4.78, 5) is 38.1. The number of carbonyl (C=O) groups is 3. The lowest BCUT2D eigenvalue weighted by Crippen LogP contribution is -2.30.